The Bertz CT molecular complexity index is 246. The van der Waals surface area contributed by atoms with Crippen molar-refractivity contribution >= 4 is 5.78 Å². The van der Waals surface area contributed by atoms with E-state index in [1.807, 2.05) is 0 Å². The summed E-state index contributed by atoms with van der Waals surface area (Å²) in [6.45, 7) is 5.94. The molecule has 0 saturated heterocycles. The Morgan fingerprint density at radius 1 is 1.50 bits per heavy atom. The van der Waals surface area contributed by atoms with Gasteiger partial charge in [0.25, 0.3) is 0 Å². The summed E-state index contributed by atoms with van der Waals surface area (Å²) in [6.07, 6.45) is 6.32. The summed E-state index contributed by atoms with van der Waals surface area (Å²) in [5, 5.41) is 0. The van der Waals surface area contributed by atoms with E-state index in [1.54, 1.807) is 6.92 Å². The minimum absolute atomic E-state index is 0.192. The minimum Gasteiger partial charge on any atom is -0.295 e. The third-order valence-electron chi connectivity index (χ3n) is 2.45. The molecule has 1 atom stereocenters. The highest BCUT2D eigenvalue weighted by atomic mass is 16.1. The second-order valence-corrected chi connectivity index (χ2v) is 3.27. The van der Waals surface area contributed by atoms with Gasteiger partial charge in [0.15, 0.2) is 5.78 Å². The lowest BCUT2D eigenvalue weighted by Gasteiger charge is -2.07. The lowest BCUT2D eigenvalue weighted by atomic mass is 9.98. The summed E-state index contributed by atoms with van der Waals surface area (Å²) in [4.78, 5) is 11.1. The summed E-state index contributed by atoms with van der Waals surface area (Å²) >= 11 is 0. The van der Waals surface area contributed by atoms with Crippen LogP contribution in [0.1, 0.15) is 33.6 Å². The number of Topliss-reactive ketones (excluding diaryl/α,β-unsaturated/α-hetero) is 1. The third-order valence-corrected chi connectivity index (χ3v) is 2.45. The minimum atomic E-state index is 0.192. The molecule has 0 saturated carbocycles. The predicted molar refractivity (Wildman–Crippen MR) is 50.9 cm³/mol. The monoisotopic (exact) mass is 164 g/mol. The van der Waals surface area contributed by atoms with Crippen LogP contribution in [-0.4, -0.2) is 5.78 Å². The molecule has 0 fully saturated rings. The number of ketones is 1. The molecule has 0 N–H and O–H groups in total. The highest BCUT2D eigenvalue weighted by molar-refractivity contribution is 5.97. The van der Waals surface area contributed by atoms with Crippen LogP contribution in [0.3, 0.4) is 0 Å². The van der Waals surface area contributed by atoms with E-state index in [0.29, 0.717) is 5.92 Å². The molecule has 0 amide bonds. The molecule has 0 aromatic carbocycles. The molecule has 0 heterocycles. The summed E-state index contributed by atoms with van der Waals surface area (Å²) < 4.78 is 0. The van der Waals surface area contributed by atoms with Gasteiger partial charge in [0.1, 0.15) is 0 Å². The Labute approximate surface area is 74.2 Å². The zero-order chi connectivity index (χ0) is 9.14. The Morgan fingerprint density at radius 2 is 2.17 bits per heavy atom. The third kappa shape index (κ3) is 1.66. The van der Waals surface area contributed by atoms with Crippen molar-refractivity contribution in [1.29, 1.82) is 0 Å². The van der Waals surface area contributed by atoms with Crippen LogP contribution in [0.5, 0.6) is 0 Å². The highest BCUT2D eigenvalue weighted by Gasteiger charge is 2.17. The Kier molecular flexibility index (Phi) is 2.85. The molecule has 12 heavy (non-hydrogen) atoms. The standard InChI is InChI=1S/C11H16O/c1-4-9-6-11(8(3)12)7-10(9)5-2/h6-7,9H,4-5H2,1-3H3. The maximum Gasteiger partial charge on any atom is 0.159 e. The van der Waals surface area contributed by atoms with Gasteiger partial charge in [-0.2, -0.15) is 0 Å². The second kappa shape index (κ2) is 3.70. The molecule has 0 aromatic rings. The van der Waals surface area contributed by atoms with Gasteiger partial charge in [0, 0.05) is 5.57 Å². The van der Waals surface area contributed by atoms with Crippen molar-refractivity contribution in [1.82, 2.24) is 0 Å². The molecule has 0 radical (unpaired) electrons. The molecule has 66 valence electrons. The lowest BCUT2D eigenvalue weighted by molar-refractivity contribution is -0.113. The Morgan fingerprint density at radius 3 is 2.50 bits per heavy atom. The normalized spacial score (nSPS) is 22.1. The van der Waals surface area contributed by atoms with Gasteiger partial charge >= 0.3 is 0 Å². The number of hydrogen-bond donors (Lipinski definition) is 0. The molecule has 1 rings (SSSR count). The van der Waals surface area contributed by atoms with Crippen molar-refractivity contribution in [2.45, 2.75) is 33.6 Å². The molecule has 1 heteroatoms. The lowest BCUT2D eigenvalue weighted by Crippen LogP contribution is -1.94. The molecule has 0 aromatic heterocycles. The predicted octanol–water partition coefficient (Wildman–Crippen LogP) is 2.88. The number of allylic oxidation sites excluding steroid dienone is 4. The number of hydrogen-bond acceptors (Lipinski definition) is 1. The summed E-state index contributed by atoms with van der Waals surface area (Å²) in [7, 11) is 0. The first-order valence-electron chi connectivity index (χ1n) is 4.62. The van der Waals surface area contributed by atoms with Crippen LogP contribution in [-0.2, 0) is 4.79 Å². The van der Waals surface area contributed by atoms with Gasteiger partial charge in [-0.3, -0.25) is 4.79 Å². The quantitative estimate of drug-likeness (QED) is 0.626. The first kappa shape index (κ1) is 9.24. The van der Waals surface area contributed by atoms with Crippen LogP contribution in [0.15, 0.2) is 23.3 Å². The van der Waals surface area contributed by atoms with Crippen LogP contribution in [0.2, 0.25) is 0 Å². The summed E-state index contributed by atoms with van der Waals surface area (Å²) in [5.74, 6) is 0.714. The zero-order valence-electron chi connectivity index (χ0n) is 8.05. The van der Waals surface area contributed by atoms with E-state index < -0.39 is 0 Å². The van der Waals surface area contributed by atoms with Crippen molar-refractivity contribution in [2.24, 2.45) is 5.92 Å². The van der Waals surface area contributed by atoms with E-state index in [1.165, 1.54) is 5.57 Å². The zero-order valence-corrected chi connectivity index (χ0v) is 8.05. The van der Waals surface area contributed by atoms with E-state index in [4.69, 9.17) is 0 Å². The van der Waals surface area contributed by atoms with E-state index >= 15 is 0 Å². The topological polar surface area (TPSA) is 17.1 Å². The highest BCUT2D eigenvalue weighted by Crippen LogP contribution is 2.29. The van der Waals surface area contributed by atoms with Gasteiger partial charge in [-0.1, -0.05) is 31.6 Å². The van der Waals surface area contributed by atoms with E-state index in [-0.39, 0.29) is 5.78 Å². The molecule has 0 spiro atoms. The van der Waals surface area contributed by atoms with Crippen molar-refractivity contribution in [3.63, 3.8) is 0 Å². The van der Waals surface area contributed by atoms with Gasteiger partial charge in [0.2, 0.25) is 0 Å². The fourth-order valence-corrected chi connectivity index (χ4v) is 1.64. The van der Waals surface area contributed by atoms with Crippen LogP contribution < -0.4 is 0 Å². The molecule has 1 nitrogen and oxygen atoms in total. The molecule has 1 unspecified atom stereocenters. The van der Waals surface area contributed by atoms with Crippen molar-refractivity contribution in [2.75, 3.05) is 0 Å². The molecule has 0 bridgehead atoms. The second-order valence-electron chi connectivity index (χ2n) is 3.27. The Balaban J connectivity index is 2.82. The fourth-order valence-electron chi connectivity index (χ4n) is 1.64. The summed E-state index contributed by atoms with van der Waals surface area (Å²) in [6, 6.07) is 0. The average Bonchev–Trinajstić information content (AvgIpc) is 2.46. The van der Waals surface area contributed by atoms with Crippen molar-refractivity contribution < 1.29 is 4.79 Å². The molecular formula is C11H16O. The largest absolute Gasteiger partial charge is 0.295 e. The van der Waals surface area contributed by atoms with Gasteiger partial charge in [0.05, 0.1) is 0 Å². The van der Waals surface area contributed by atoms with E-state index in [0.717, 1.165) is 18.4 Å². The average molecular weight is 164 g/mol. The van der Waals surface area contributed by atoms with E-state index in [2.05, 4.69) is 26.0 Å². The smallest absolute Gasteiger partial charge is 0.159 e. The molecular weight excluding hydrogens is 148 g/mol. The molecule has 0 aliphatic heterocycles. The van der Waals surface area contributed by atoms with Gasteiger partial charge in [-0.15, -0.1) is 0 Å². The number of carbonyl (C=O) groups is 1. The SMILES string of the molecule is CCC1=CC(C(C)=O)=CC1CC. The Hall–Kier alpha value is -0.850. The first-order chi connectivity index (χ1) is 5.69. The van der Waals surface area contributed by atoms with Crippen molar-refractivity contribution in [3.8, 4) is 0 Å². The number of carbonyl (C=O) groups excluding carboxylic acids is 1. The number of rotatable bonds is 3. The summed E-state index contributed by atoms with van der Waals surface area (Å²) in [5.41, 5.74) is 2.31. The van der Waals surface area contributed by atoms with Crippen LogP contribution in [0, 0.1) is 5.92 Å². The van der Waals surface area contributed by atoms with Crippen LogP contribution in [0.25, 0.3) is 0 Å². The fraction of sp³-hybridized carbons (Fsp3) is 0.545. The molecule has 1 aliphatic carbocycles. The van der Waals surface area contributed by atoms with Crippen LogP contribution in [0.4, 0.5) is 0 Å². The van der Waals surface area contributed by atoms with Crippen molar-refractivity contribution in [3.05, 3.63) is 23.3 Å². The van der Waals surface area contributed by atoms with Gasteiger partial charge in [-0.25, -0.2) is 0 Å². The van der Waals surface area contributed by atoms with Gasteiger partial charge < -0.3 is 0 Å². The van der Waals surface area contributed by atoms with E-state index in [9.17, 15) is 4.79 Å². The maximum absolute atomic E-state index is 11.1. The molecule has 1 aliphatic rings. The maximum atomic E-state index is 11.1. The first-order valence-corrected chi connectivity index (χ1v) is 4.62. The van der Waals surface area contributed by atoms with Gasteiger partial charge in [-0.05, 0) is 25.7 Å². The van der Waals surface area contributed by atoms with Crippen LogP contribution >= 0.6 is 0 Å².